The van der Waals surface area contributed by atoms with Gasteiger partial charge in [0.2, 0.25) is 0 Å². The Labute approximate surface area is 151 Å². The van der Waals surface area contributed by atoms with Crippen molar-refractivity contribution in [3.05, 3.63) is 103 Å². The first kappa shape index (κ1) is 16.4. The summed E-state index contributed by atoms with van der Waals surface area (Å²) < 4.78 is -2.64. The first-order chi connectivity index (χ1) is 11.2. The van der Waals surface area contributed by atoms with E-state index in [4.69, 9.17) is 0 Å². The molecule has 0 aliphatic carbocycles. The predicted molar refractivity (Wildman–Crippen MR) is 114 cm³/mol. The maximum absolute atomic E-state index is 2.75. The van der Waals surface area contributed by atoms with Crippen molar-refractivity contribution in [2.24, 2.45) is 0 Å². The van der Waals surface area contributed by atoms with E-state index >= 15 is 0 Å². The molecule has 0 aliphatic rings. The molecule has 116 valence electrons. The quantitative estimate of drug-likeness (QED) is 0.384. The molecule has 0 bridgehead atoms. The van der Waals surface area contributed by atoms with Gasteiger partial charge in [-0.25, -0.2) is 0 Å². The molecular weight excluding hydrogens is 410 g/mol. The molecule has 0 nitrogen and oxygen atoms in total. The zero-order valence-electron chi connectivity index (χ0n) is 13.1. The fraction of sp³-hybridized carbons (Fsp3) is 0.0476. The summed E-state index contributed by atoms with van der Waals surface area (Å²) in [4.78, 5) is 0. The van der Waals surface area contributed by atoms with Crippen LogP contribution in [0.25, 0.3) is 0 Å². The summed E-state index contributed by atoms with van der Waals surface area (Å²) in [6.07, 6.45) is 2.21. The van der Waals surface area contributed by atoms with E-state index in [0.717, 1.165) is 0 Å². The third kappa shape index (κ3) is 2.66. The molecular formula is C21H20IP. The van der Waals surface area contributed by atoms with Crippen LogP contribution in [0.1, 0.15) is 6.92 Å². The first-order valence-electron chi connectivity index (χ1n) is 7.74. The summed E-state index contributed by atoms with van der Waals surface area (Å²) in [6, 6.07) is 32.7. The van der Waals surface area contributed by atoms with Gasteiger partial charge in [0.15, 0.2) is 0 Å². The molecule has 0 unspecified atom stereocenters. The normalized spacial score (nSPS) is 13.6. The molecule has 0 atom stereocenters. The van der Waals surface area contributed by atoms with E-state index in [9.17, 15) is 0 Å². The molecule has 0 heterocycles. The summed E-state index contributed by atoms with van der Waals surface area (Å²) in [7, 11) is 0. The Morgan fingerprint density at radius 2 is 0.913 bits per heavy atom. The van der Waals surface area contributed by atoms with Crippen LogP contribution < -0.4 is 15.9 Å². The molecule has 0 aliphatic heterocycles. The Kier molecular flexibility index (Phi) is 4.70. The second kappa shape index (κ2) is 6.59. The molecule has 3 rings (SSSR count). The van der Waals surface area contributed by atoms with Crippen LogP contribution >= 0.6 is 26.3 Å². The molecule has 3 aromatic rings. The van der Waals surface area contributed by atoms with Crippen molar-refractivity contribution in [1.82, 2.24) is 0 Å². The van der Waals surface area contributed by atoms with Crippen molar-refractivity contribution in [1.29, 1.82) is 0 Å². The van der Waals surface area contributed by atoms with Crippen molar-refractivity contribution < 1.29 is 0 Å². The van der Waals surface area contributed by atoms with Crippen LogP contribution in [0.5, 0.6) is 0 Å². The molecule has 0 saturated heterocycles. The van der Waals surface area contributed by atoms with Gasteiger partial charge in [0.25, 0.3) is 0 Å². The van der Waals surface area contributed by atoms with E-state index in [2.05, 4.69) is 132 Å². The Balaban J connectivity index is 2.46. The van der Waals surface area contributed by atoms with Gasteiger partial charge in [-0.1, -0.05) is 0 Å². The number of benzene rings is 3. The van der Waals surface area contributed by atoms with Crippen LogP contribution in [0, 0.1) is 0 Å². The van der Waals surface area contributed by atoms with Crippen molar-refractivity contribution in [2.75, 3.05) is 0 Å². The Morgan fingerprint density at radius 3 is 1.17 bits per heavy atom. The molecule has 0 aromatic heterocycles. The van der Waals surface area contributed by atoms with Crippen LogP contribution in [-0.4, -0.2) is 0 Å². The second-order valence-electron chi connectivity index (χ2n) is 5.56. The van der Waals surface area contributed by atoms with Gasteiger partial charge in [0.1, 0.15) is 0 Å². The molecule has 23 heavy (non-hydrogen) atoms. The standard InChI is InChI=1S/C21H20IP/c1-2-18-23(22,19-12-6-3-7-13-19,20-14-8-4-9-15-20)21-16-10-5-11-17-21/h2-18H,1H3. The number of rotatable bonds is 4. The van der Waals surface area contributed by atoms with Gasteiger partial charge < -0.3 is 0 Å². The fourth-order valence-electron chi connectivity index (χ4n) is 3.14. The third-order valence-corrected chi connectivity index (χ3v) is 15.0. The van der Waals surface area contributed by atoms with Crippen molar-refractivity contribution in [3.8, 4) is 0 Å². The van der Waals surface area contributed by atoms with E-state index < -0.39 is 4.25 Å². The minimum atomic E-state index is -2.64. The van der Waals surface area contributed by atoms with Gasteiger partial charge in [-0.3, -0.25) is 0 Å². The van der Waals surface area contributed by atoms with Crippen LogP contribution in [0.2, 0.25) is 0 Å². The van der Waals surface area contributed by atoms with Crippen molar-refractivity contribution in [2.45, 2.75) is 6.92 Å². The molecule has 0 saturated carbocycles. The van der Waals surface area contributed by atoms with Gasteiger partial charge in [-0.05, 0) is 0 Å². The van der Waals surface area contributed by atoms with Gasteiger partial charge in [-0.2, -0.15) is 0 Å². The van der Waals surface area contributed by atoms with E-state index in [0.29, 0.717) is 0 Å². The summed E-state index contributed by atoms with van der Waals surface area (Å²) in [6.45, 7) is 2.12. The number of allylic oxidation sites excluding steroid dienone is 1. The third-order valence-electron chi connectivity index (χ3n) is 4.21. The Hall–Kier alpha value is -1.44. The van der Waals surface area contributed by atoms with E-state index in [1.165, 1.54) is 15.9 Å². The minimum absolute atomic E-state index is 1.38. The topological polar surface area (TPSA) is 0 Å². The van der Waals surface area contributed by atoms with Crippen LogP contribution in [0.4, 0.5) is 0 Å². The van der Waals surface area contributed by atoms with Gasteiger partial charge in [-0.15, -0.1) is 0 Å². The SMILES string of the molecule is CC=CP(I)(c1ccccc1)(c1ccccc1)c1ccccc1. The number of hydrogen-bond acceptors (Lipinski definition) is 0. The predicted octanol–water partition coefficient (Wildman–Crippen LogP) is 5.40. The van der Waals surface area contributed by atoms with E-state index in [-0.39, 0.29) is 0 Å². The van der Waals surface area contributed by atoms with Gasteiger partial charge in [0, 0.05) is 0 Å². The van der Waals surface area contributed by atoms with Crippen LogP contribution in [0.3, 0.4) is 0 Å². The summed E-state index contributed by atoms with van der Waals surface area (Å²) in [5.41, 5.74) is 0. The molecule has 0 fully saturated rings. The van der Waals surface area contributed by atoms with E-state index in [1.54, 1.807) is 0 Å². The monoisotopic (exact) mass is 430 g/mol. The molecule has 3 aromatic carbocycles. The van der Waals surface area contributed by atoms with Gasteiger partial charge in [0.05, 0.1) is 0 Å². The zero-order chi connectivity index (χ0) is 16.2. The van der Waals surface area contributed by atoms with Crippen molar-refractivity contribution >= 4 is 42.2 Å². The van der Waals surface area contributed by atoms with E-state index in [1.807, 2.05) is 0 Å². The van der Waals surface area contributed by atoms with Crippen molar-refractivity contribution in [3.63, 3.8) is 0 Å². The molecule has 0 amide bonds. The second-order valence-corrected chi connectivity index (χ2v) is 15.6. The first-order valence-corrected chi connectivity index (χ1v) is 12.8. The summed E-state index contributed by atoms with van der Waals surface area (Å²) in [5.74, 6) is 2.44. The average molecular weight is 430 g/mol. The molecule has 0 N–H and O–H groups in total. The Bertz CT molecular complexity index is 696. The molecule has 0 spiro atoms. The van der Waals surface area contributed by atoms with Gasteiger partial charge >= 0.3 is 152 Å². The maximum atomic E-state index is 2.75. The fourth-order valence-corrected chi connectivity index (χ4v) is 11.2. The summed E-state index contributed by atoms with van der Waals surface area (Å²) >= 11 is 2.75. The van der Waals surface area contributed by atoms with Crippen LogP contribution in [0.15, 0.2) is 103 Å². The average Bonchev–Trinajstić information content (AvgIpc) is 2.64. The number of hydrogen-bond donors (Lipinski definition) is 0. The Morgan fingerprint density at radius 1 is 0.609 bits per heavy atom. The number of halogens is 1. The van der Waals surface area contributed by atoms with Crippen LogP contribution in [-0.2, 0) is 0 Å². The summed E-state index contributed by atoms with van der Waals surface area (Å²) in [5, 5.41) is 4.15. The molecule has 0 radical (unpaired) electrons. The zero-order valence-corrected chi connectivity index (χ0v) is 16.2. The molecule has 2 heteroatoms.